The van der Waals surface area contributed by atoms with Gasteiger partial charge in [-0.15, -0.1) is 0 Å². The highest BCUT2D eigenvalue weighted by atomic mass is 19.1. The number of carbonyl (C=O) groups excluding carboxylic acids is 5. The van der Waals surface area contributed by atoms with E-state index in [1.807, 2.05) is 34.1 Å². The zero-order valence-corrected chi connectivity index (χ0v) is 41.1. The second-order valence-corrected chi connectivity index (χ2v) is 20.1. The Labute approximate surface area is 415 Å². The lowest BCUT2D eigenvalue weighted by Gasteiger charge is -2.36. The number of unbranched alkanes of at least 4 members (excludes halogenated alkanes) is 2. The molecule has 5 aromatic rings. The van der Waals surface area contributed by atoms with Gasteiger partial charge in [0, 0.05) is 82.5 Å². The number of nitrogens with zero attached hydrogens (tertiary/aromatic N) is 5. The van der Waals surface area contributed by atoms with Crippen LogP contribution in [0.25, 0.3) is 21.8 Å². The van der Waals surface area contributed by atoms with Gasteiger partial charge in [-0.05, 0) is 142 Å². The summed E-state index contributed by atoms with van der Waals surface area (Å²) in [6, 6.07) is 24.6. The van der Waals surface area contributed by atoms with Crippen molar-refractivity contribution in [3.05, 3.63) is 117 Å². The van der Waals surface area contributed by atoms with Crippen molar-refractivity contribution in [1.82, 2.24) is 34.5 Å². The fraction of sp³-hybridized carbons (Fsp3) is 0.474. The normalized spacial score (nSPS) is 19.1. The highest BCUT2D eigenvalue weighted by Gasteiger charge is 2.33. The molecule has 0 saturated carbocycles. The van der Waals surface area contributed by atoms with Gasteiger partial charge in [-0.2, -0.15) is 0 Å². The van der Waals surface area contributed by atoms with E-state index in [0.29, 0.717) is 57.5 Å². The van der Waals surface area contributed by atoms with Gasteiger partial charge in [0.1, 0.15) is 11.9 Å². The number of halogens is 1. The smallest absolute Gasteiger partial charge is 0.329 e. The maximum absolute atomic E-state index is 13.6. The van der Waals surface area contributed by atoms with Crippen LogP contribution in [0.1, 0.15) is 131 Å². The van der Waals surface area contributed by atoms with E-state index in [0.717, 1.165) is 98.5 Å². The molecular weight excluding hydrogens is 898 g/mol. The van der Waals surface area contributed by atoms with E-state index < -0.39 is 11.9 Å². The number of rotatable bonds is 13. The molecule has 2 N–H and O–H groups in total. The summed E-state index contributed by atoms with van der Waals surface area (Å²) in [4.78, 5) is 83.3. The zero-order valence-electron chi connectivity index (χ0n) is 41.1. The predicted molar refractivity (Wildman–Crippen MR) is 271 cm³/mol. The molecule has 14 heteroatoms. The van der Waals surface area contributed by atoms with Crippen molar-refractivity contribution in [2.45, 2.75) is 115 Å². The fourth-order valence-electron chi connectivity index (χ4n) is 11.3. The molecule has 71 heavy (non-hydrogen) atoms. The predicted octanol–water partition coefficient (Wildman–Crippen LogP) is 7.65. The quantitative estimate of drug-likeness (QED) is 0.0701. The Morgan fingerprint density at radius 2 is 1.44 bits per heavy atom. The summed E-state index contributed by atoms with van der Waals surface area (Å²) in [5.74, 6) is 6.79. The average Bonchev–Trinajstić information content (AvgIpc) is 3.64. The van der Waals surface area contributed by atoms with Crippen molar-refractivity contribution >= 4 is 51.3 Å². The molecular formula is C57H66FN7O6. The number of aryl methyl sites for hydroxylation is 1. The lowest BCUT2D eigenvalue weighted by Crippen LogP contribution is -2.44. The van der Waals surface area contributed by atoms with Gasteiger partial charge in [0.15, 0.2) is 0 Å². The monoisotopic (exact) mass is 964 g/mol. The molecule has 4 aromatic carbocycles. The van der Waals surface area contributed by atoms with Crippen molar-refractivity contribution < 1.29 is 28.4 Å². The Morgan fingerprint density at radius 3 is 2.13 bits per heavy atom. The molecule has 1 aromatic heterocycles. The number of carbonyl (C=O) groups is 5. The van der Waals surface area contributed by atoms with Gasteiger partial charge in [-0.3, -0.25) is 43.3 Å². The highest BCUT2D eigenvalue weighted by molar-refractivity contribution is 6.00. The molecule has 0 aliphatic carbocycles. The highest BCUT2D eigenvalue weighted by Crippen LogP contribution is 2.34. The first-order valence-corrected chi connectivity index (χ1v) is 25.8. The van der Waals surface area contributed by atoms with E-state index >= 15 is 0 Å². The largest absolute Gasteiger partial charge is 0.352 e. The Morgan fingerprint density at radius 1 is 0.746 bits per heavy atom. The van der Waals surface area contributed by atoms with Crippen molar-refractivity contribution in [2.24, 2.45) is 18.9 Å². The molecule has 13 nitrogen and oxygen atoms in total. The lowest BCUT2D eigenvalue weighted by atomic mass is 9.89. The maximum atomic E-state index is 13.6. The van der Waals surface area contributed by atoms with Gasteiger partial charge in [0.2, 0.25) is 29.5 Å². The minimum absolute atomic E-state index is 0.0321. The molecule has 4 fully saturated rings. The molecule has 5 amide bonds. The van der Waals surface area contributed by atoms with Gasteiger partial charge < -0.3 is 15.1 Å². The number of piperidine rings is 4. The summed E-state index contributed by atoms with van der Waals surface area (Å²) in [5.41, 5.74) is 5.27. The molecule has 372 valence electrons. The van der Waals surface area contributed by atoms with Crippen LogP contribution in [0.4, 0.5) is 4.39 Å². The minimum atomic E-state index is -0.718. The number of imide groups is 1. The van der Waals surface area contributed by atoms with E-state index in [1.165, 1.54) is 27.6 Å². The number of aromatic nitrogens is 2. The van der Waals surface area contributed by atoms with Gasteiger partial charge in [-0.25, -0.2) is 9.18 Å². The maximum Gasteiger partial charge on any atom is 0.329 e. The third-order valence-electron chi connectivity index (χ3n) is 15.7. The number of benzene rings is 4. The second-order valence-electron chi connectivity index (χ2n) is 20.1. The molecule has 2 atom stereocenters. The van der Waals surface area contributed by atoms with E-state index in [-0.39, 0.29) is 65.4 Å². The first kappa shape index (κ1) is 49.4. The van der Waals surface area contributed by atoms with Crippen molar-refractivity contribution in [1.29, 1.82) is 0 Å². The van der Waals surface area contributed by atoms with E-state index in [2.05, 4.69) is 70.7 Å². The fourth-order valence-corrected chi connectivity index (χ4v) is 11.3. The van der Waals surface area contributed by atoms with Crippen LogP contribution in [0, 0.1) is 29.5 Å². The zero-order chi connectivity index (χ0) is 49.6. The van der Waals surface area contributed by atoms with Crippen LogP contribution in [-0.4, -0.2) is 92.6 Å². The molecule has 4 aliphatic heterocycles. The van der Waals surface area contributed by atoms with Crippen molar-refractivity contribution in [2.75, 3.05) is 39.3 Å². The second kappa shape index (κ2) is 22.2. The summed E-state index contributed by atoms with van der Waals surface area (Å²) in [5, 5.41) is 7.69. The summed E-state index contributed by atoms with van der Waals surface area (Å²) >= 11 is 0. The molecule has 5 heterocycles. The van der Waals surface area contributed by atoms with E-state index in [4.69, 9.17) is 0 Å². The third-order valence-corrected chi connectivity index (χ3v) is 15.7. The number of hydrogen-bond acceptors (Lipinski definition) is 7. The van der Waals surface area contributed by atoms with Crippen molar-refractivity contribution in [3.8, 4) is 11.8 Å². The molecule has 0 bridgehead atoms. The summed E-state index contributed by atoms with van der Waals surface area (Å²) in [6.45, 7) is 6.97. The van der Waals surface area contributed by atoms with E-state index in [9.17, 15) is 33.2 Å². The van der Waals surface area contributed by atoms with Gasteiger partial charge in [-0.1, -0.05) is 66.8 Å². The summed E-state index contributed by atoms with van der Waals surface area (Å²) in [7, 11) is 1.71. The molecule has 4 aliphatic rings. The number of hydrogen-bond donors (Lipinski definition) is 2. The third kappa shape index (κ3) is 11.3. The van der Waals surface area contributed by atoms with Crippen LogP contribution in [0.2, 0.25) is 0 Å². The molecule has 1 unspecified atom stereocenters. The average molecular weight is 964 g/mol. The Bertz CT molecular complexity index is 2930. The SMILES string of the molecule is C[C@H](c1ccc(C#CC2CCN(C(=O)CCCCCC(=O)N3CCC(c4ccc5c(c4)n(C)c(=O)n5C4CCC(=O)NC4=O)CC3)CC2)c2ccccc12)N1CCC(C(=O)NCc2cccc(F)c2)CC1. The topological polar surface area (TPSA) is 146 Å². The Kier molecular flexibility index (Phi) is 15.5. The molecule has 0 spiro atoms. The summed E-state index contributed by atoms with van der Waals surface area (Å²) in [6.07, 6.45) is 8.72. The number of imidazole rings is 1. The standard InChI is InChI=1S/C57H66FN7O6/c1-38(62-31-27-43(28-32-62)55(69)59-37-40-9-8-10-45(58)35-40)46-19-17-42(47-11-6-7-12-48(46)47)16-15-39-23-29-63(30-24-39)53(67)13-4-3-5-14-54(68)64-33-25-41(26-34-64)44-18-20-49-51(36-44)61(2)57(71)65(49)50-21-22-52(66)60-56(50)70/h6-12,17-20,35-36,38-39,41,43,50H,3-5,13-14,21-34,37H2,1-2H3,(H,59,69)(H,60,66,70)/t38-,50?/m1/s1. The van der Waals surface area contributed by atoms with Crippen LogP contribution in [0.15, 0.2) is 83.7 Å². The molecule has 0 radical (unpaired) electrons. The number of amides is 5. The number of nitrogens with one attached hydrogen (secondary N) is 2. The first-order chi connectivity index (χ1) is 34.4. The first-order valence-electron chi connectivity index (χ1n) is 25.8. The lowest BCUT2D eigenvalue weighted by molar-refractivity contribution is -0.136. The van der Waals surface area contributed by atoms with Crippen LogP contribution in [0.5, 0.6) is 0 Å². The summed E-state index contributed by atoms with van der Waals surface area (Å²) < 4.78 is 16.7. The van der Waals surface area contributed by atoms with Crippen LogP contribution in [0.3, 0.4) is 0 Å². The van der Waals surface area contributed by atoms with Crippen molar-refractivity contribution in [3.63, 3.8) is 0 Å². The van der Waals surface area contributed by atoms with Crippen LogP contribution >= 0.6 is 0 Å². The van der Waals surface area contributed by atoms with Gasteiger partial charge in [0.25, 0.3) is 0 Å². The van der Waals surface area contributed by atoms with Gasteiger partial charge >= 0.3 is 5.69 Å². The van der Waals surface area contributed by atoms with E-state index in [1.54, 1.807) is 17.7 Å². The Hall–Kier alpha value is -6.59. The number of fused-ring (bicyclic) bond motifs is 2. The Balaban J connectivity index is 0.678. The van der Waals surface area contributed by atoms with Crippen LogP contribution in [-0.2, 0) is 37.6 Å². The van der Waals surface area contributed by atoms with Crippen LogP contribution < -0.4 is 16.3 Å². The molecule has 4 saturated heterocycles. The molecule has 9 rings (SSSR count). The minimum Gasteiger partial charge on any atom is -0.352 e. The number of likely N-dealkylation sites (tertiary alicyclic amines) is 3. The van der Waals surface area contributed by atoms with Gasteiger partial charge in [0.05, 0.1) is 11.0 Å².